The standard InChI is InChI=1S/C19H21N3O3S/c1-3-22(4-2)26(24,25)18-10-6-9-17(12-18)19(23)21-14-16-8-5-7-15(11-16)13-20/h5-12H,3-4,14H2,1-2H3,(H,21,23). The van der Waals surface area contributed by atoms with E-state index in [0.29, 0.717) is 18.7 Å². The Morgan fingerprint density at radius 2 is 1.81 bits per heavy atom. The average molecular weight is 371 g/mol. The number of rotatable bonds is 7. The average Bonchev–Trinajstić information content (AvgIpc) is 2.67. The van der Waals surface area contributed by atoms with E-state index in [0.717, 1.165) is 5.56 Å². The van der Waals surface area contributed by atoms with Gasteiger partial charge in [0.1, 0.15) is 0 Å². The molecule has 0 aliphatic carbocycles. The van der Waals surface area contributed by atoms with E-state index >= 15 is 0 Å². The molecule has 0 heterocycles. The molecule has 136 valence electrons. The van der Waals surface area contributed by atoms with Gasteiger partial charge in [-0.1, -0.05) is 32.0 Å². The first-order valence-corrected chi connectivity index (χ1v) is 9.73. The van der Waals surface area contributed by atoms with Crippen LogP contribution in [0.1, 0.15) is 35.3 Å². The van der Waals surface area contributed by atoms with E-state index in [1.807, 2.05) is 12.1 Å². The number of nitrogens with one attached hydrogen (secondary N) is 1. The SMILES string of the molecule is CCN(CC)S(=O)(=O)c1cccc(C(=O)NCc2cccc(C#N)c2)c1. The van der Waals surface area contributed by atoms with Crippen LogP contribution >= 0.6 is 0 Å². The summed E-state index contributed by atoms with van der Waals surface area (Å²) >= 11 is 0. The second-order valence-electron chi connectivity index (χ2n) is 5.61. The topological polar surface area (TPSA) is 90.3 Å². The Kier molecular flexibility index (Phi) is 6.50. The van der Waals surface area contributed by atoms with Crippen molar-refractivity contribution in [3.05, 3.63) is 65.2 Å². The van der Waals surface area contributed by atoms with Crippen LogP contribution in [-0.4, -0.2) is 31.7 Å². The maximum Gasteiger partial charge on any atom is 0.251 e. The van der Waals surface area contributed by atoms with Gasteiger partial charge in [-0.25, -0.2) is 8.42 Å². The summed E-state index contributed by atoms with van der Waals surface area (Å²) in [5.41, 5.74) is 1.59. The third kappa shape index (κ3) is 4.48. The minimum Gasteiger partial charge on any atom is -0.348 e. The van der Waals surface area contributed by atoms with Crippen molar-refractivity contribution in [2.24, 2.45) is 0 Å². The second-order valence-corrected chi connectivity index (χ2v) is 7.55. The summed E-state index contributed by atoms with van der Waals surface area (Å²) in [5, 5.41) is 11.7. The molecule has 6 nitrogen and oxygen atoms in total. The minimum absolute atomic E-state index is 0.0975. The Morgan fingerprint density at radius 1 is 1.12 bits per heavy atom. The van der Waals surface area contributed by atoms with Crippen LogP contribution in [0.25, 0.3) is 0 Å². The van der Waals surface area contributed by atoms with Crippen molar-refractivity contribution in [3.8, 4) is 6.07 Å². The molecule has 0 radical (unpaired) electrons. The minimum atomic E-state index is -3.62. The van der Waals surface area contributed by atoms with E-state index in [9.17, 15) is 13.2 Å². The zero-order valence-corrected chi connectivity index (χ0v) is 15.6. The number of carbonyl (C=O) groups excluding carboxylic acids is 1. The van der Waals surface area contributed by atoms with E-state index in [1.165, 1.54) is 16.4 Å². The maximum atomic E-state index is 12.6. The molecular formula is C19H21N3O3S. The van der Waals surface area contributed by atoms with Gasteiger partial charge >= 0.3 is 0 Å². The van der Waals surface area contributed by atoms with Gasteiger partial charge in [-0.3, -0.25) is 4.79 Å². The van der Waals surface area contributed by atoms with Crippen LogP contribution < -0.4 is 5.32 Å². The Balaban J connectivity index is 2.16. The fourth-order valence-electron chi connectivity index (χ4n) is 2.55. The van der Waals surface area contributed by atoms with Crippen LogP contribution in [0.5, 0.6) is 0 Å². The monoisotopic (exact) mass is 371 g/mol. The predicted molar refractivity (Wildman–Crippen MR) is 98.9 cm³/mol. The molecule has 0 saturated carbocycles. The Labute approximate surface area is 154 Å². The lowest BCUT2D eigenvalue weighted by Gasteiger charge is -2.18. The molecule has 0 saturated heterocycles. The number of sulfonamides is 1. The molecule has 0 aromatic heterocycles. The van der Waals surface area contributed by atoms with Crippen molar-refractivity contribution >= 4 is 15.9 Å². The normalized spacial score (nSPS) is 11.2. The van der Waals surface area contributed by atoms with Crippen molar-refractivity contribution in [1.82, 2.24) is 9.62 Å². The van der Waals surface area contributed by atoms with Crippen LogP contribution in [0.15, 0.2) is 53.4 Å². The first-order valence-electron chi connectivity index (χ1n) is 8.29. The number of hydrogen-bond acceptors (Lipinski definition) is 4. The molecule has 7 heteroatoms. The second kappa shape index (κ2) is 8.61. The van der Waals surface area contributed by atoms with Crippen molar-refractivity contribution in [2.45, 2.75) is 25.3 Å². The highest BCUT2D eigenvalue weighted by Crippen LogP contribution is 2.17. The number of amides is 1. The van der Waals surface area contributed by atoms with Gasteiger partial charge in [0.2, 0.25) is 10.0 Å². The van der Waals surface area contributed by atoms with E-state index in [2.05, 4.69) is 5.32 Å². The molecule has 0 unspecified atom stereocenters. The molecule has 0 spiro atoms. The summed E-state index contributed by atoms with van der Waals surface area (Å²) in [4.78, 5) is 12.5. The highest BCUT2D eigenvalue weighted by molar-refractivity contribution is 7.89. The van der Waals surface area contributed by atoms with Gasteiger partial charge in [0.15, 0.2) is 0 Å². The highest BCUT2D eigenvalue weighted by atomic mass is 32.2. The lowest BCUT2D eigenvalue weighted by atomic mass is 10.1. The Hall–Kier alpha value is -2.69. The quantitative estimate of drug-likeness (QED) is 0.810. The van der Waals surface area contributed by atoms with Gasteiger partial charge in [0.25, 0.3) is 5.91 Å². The molecule has 0 atom stereocenters. The van der Waals surface area contributed by atoms with Gasteiger partial charge in [0, 0.05) is 25.2 Å². The summed E-state index contributed by atoms with van der Waals surface area (Å²) in [7, 11) is -3.62. The number of nitrogens with zero attached hydrogens (tertiary/aromatic N) is 2. The van der Waals surface area contributed by atoms with Crippen LogP contribution in [0.4, 0.5) is 0 Å². The number of nitriles is 1. The smallest absolute Gasteiger partial charge is 0.251 e. The molecule has 1 amide bonds. The molecule has 0 bridgehead atoms. The number of carbonyl (C=O) groups is 1. The first kappa shape index (κ1) is 19.6. The summed E-state index contributed by atoms with van der Waals surface area (Å²) in [6.45, 7) is 4.52. The Morgan fingerprint density at radius 3 is 2.46 bits per heavy atom. The zero-order chi connectivity index (χ0) is 19.2. The van der Waals surface area contributed by atoms with Crippen LogP contribution in [-0.2, 0) is 16.6 Å². The van der Waals surface area contributed by atoms with Crippen LogP contribution in [0.3, 0.4) is 0 Å². The number of benzene rings is 2. The summed E-state index contributed by atoms with van der Waals surface area (Å²) in [6, 6.07) is 15.0. The summed E-state index contributed by atoms with van der Waals surface area (Å²) in [5.74, 6) is -0.371. The van der Waals surface area contributed by atoms with Gasteiger partial charge in [-0.15, -0.1) is 0 Å². The molecule has 0 aliphatic heterocycles. The fourth-order valence-corrected chi connectivity index (χ4v) is 4.05. The zero-order valence-electron chi connectivity index (χ0n) is 14.8. The molecule has 2 rings (SSSR count). The number of hydrogen-bond donors (Lipinski definition) is 1. The molecular weight excluding hydrogens is 350 g/mol. The third-order valence-corrected chi connectivity index (χ3v) is 5.99. The van der Waals surface area contributed by atoms with Crippen molar-refractivity contribution in [2.75, 3.05) is 13.1 Å². The molecule has 2 aromatic carbocycles. The van der Waals surface area contributed by atoms with Gasteiger partial charge in [-0.05, 0) is 35.9 Å². The fraction of sp³-hybridized carbons (Fsp3) is 0.263. The molecule has 0 fully saturated rings. The lowest BCUT2D eigenvalue weighted by Crippen LogP contribution is -2.31. The Bertz CT molecular complexity index is 929. The third-order valence-electron chi connectivity index (χ3n) is 3.95. The van der Waals surface area contributed by atoms with E-state index in [4.69, 9.17) is 5.26 Å². The molecule has 0 aliphatic rings. The lowest BCUT2D eigenvalue weighted by molar-refractivity contribution is 0.0950. The maximum absolute atomic E-state index is 12.6. The predicted octanol–water partition coefficient (Wildman–Crippen LogP) is 2.52. The molecule has 26 heavy (non-hydrogen) atoms. The van der Waals surface area contributed by atoms with Crippen LogP contribution in [0.2, 0.25) is 0 Å². The van der Waals surface area contributed by atoms with Crippen LogP contribution in [0, 0.1) is 11.3 Å². The summed E-state index contributed by atoms with van der Waals surface area (Å²) in [6.07, 6.45) is 0. The van der Waals surface area contributed by atoms with E-state index < -0.39 is 10.0 Å². The van der Waals surface area contributed by atoms with Gasteiger partial charge in [0.05, 0.1) is 16.5 Å². The van der Waals surface area contributed by atoms with Crippen molar-refractivity contribution < 1.29 is 13.2 Å². The molecule has 1 N–H and O–H groups in total. The summed E-state index contributed by atoms with van der Waals surface area (Å²) < 4.78 is 26.5. The van der Waals surface area contributed by atoms with Crippen molar-refractivity contribution in [1.29, 1.82) is 5.26 Å². The van der Waals surface area contributed by atoms with Gasteiger partial charge in [-0.2, -0.15) is 9.57 Å². The van der Waals surface area contributed by atoms with Crippen molar-refractivity contribution in [3.63, 3.8) is 0 Å². The largest absolute Gasteiger partial charge is 0.348 e. The van der Waals surface area contributed by atoms with E-state index in [1.54, 1.807) is 44.2 Å². The highest BCUT2D eigenvalue weighted by Gasteiger charge is 2.22. The molecule has 2 aromatic rings. The van der Waals surface area contributed by atoms with Gasteiger partial charge < -0.3 is 5.32 Å². The van der Waals surface area contributed by atoms with E-state index in [-0.39, 0.29) is 22.9 Å². The first-order chi connectivity index (χ1) is 12.4.